The monoisotopic (exact) mass is 940 g/mol. The molecule has 5 atom stereocenters. The van der Waals surface area contributed by atoms with Crippen LogP contribution in [0.25, 0.3) is 11.2 Å². The number of benzene rings is 3. The van der Waals surface area contributed by atoms with Gasteiger partial charge in [0.25, 0.3) is 20.1 Å². The smallest absolute Gasteiger partial charge is 0.273 e. The van der Waals surface area contributed by atoms with E-state index < -0.39 is 32.9 Å². The molecule has 1 fully saturated rings. The highest BCUT2D eigenvalue weighted by Gasteiger charge is 2.42. The molecule has 18 heteroatoms. The Hall–Kier alpha value is -5.05. The van der Waals surface area contributed by atoms with Crippen LogP contribution in [0.15, 0.2) is 89.2 Å². The number of ether oxygens (including phenoxy) is 3. The molecule has 1 amide bonds. The van der Waals surface area contributed by atoms with Gasteiger partial charge in [0.05, 0.1) is 49.7 Å². The lowest BCUT2D eigenvalue weighted by atomic mass is 9.87. The zero-order chi connectivity index (χ0) is 47.5. The highest BCUT2D eigenvalue weighted by Crippen LogP contribution is 2.50. The minimum absolute atomic E-state index is 0.0101. The lowest BCUT2D eigenvalue weighted by Gasteiger charge is -2.37. The summed E-state index contributed by atoms with van der Waals surface area (Å²) in [6.07, 6.45) is 2.39. The molecule has 352 valence electrons. The minimum Gasteiger partial charge on any atom is -0.484 e. The lowest BCUT2D eigenvalue weighted by molar-refractivity contribution is -0.385. The number of amides is 1. The van der Waals surface area contributed by atoms with E-state index in [9.17, 15) is 20.2 Å². The summed E-state index contributed by atoms with van der Waals surface area (Å²) in [5, 5.41) is 24.6. The molecule has 2 aromatic heterocycles. The Morgan fingerprint density at radius 2 is 1.80 bits per heavy atom. The van der Waals surface area contributed by atoms with Crippen LogP contribution in [0.3, 0.4) is 0 Å². The number of imidazole rings is 1. The third-order valence-corrected chi connectivity index (χ3v) is 14.3. The van der Waals surface area contributed by atoms with Gasteiger partial charge in [-0.25, -0.2) is 19.6 Å². The molecule has 1 aliphatic rings. The van der Waals surface area contributed by atoms with E-state index in [0.717, 1.165) is 20.9 Å². The summed E-state index contributed by atoms with van der Waals surface area (Å²) < 4.78 is 36.0. The van der Waals surface area contributed by atoms with Gasteiger partial charge in [-0.15, -0.1) is 0 Å². The fourth-order valence-electron chi connectivity index (χ4n) is 7.68. The molecule has 66 heavy (non-hydrogen) atoms. The first-order valence-corrected chi connectivity index (χ1v) is 24.3. The number of fused-ring (bicyclic) bond motifs is 1. The van der Waals surface area contributed by atoms with Crippen LogP contribution in [-0.2, 0) is 35.2 Å². The number of nitrogens with zero attached hydrogens (tertiary/aromatic N) is 7. The first-order chi connectivity index (χ1) is 31.6. The second-order valence-corrected chi connectivity index (χ2v) is 20.2. The molecule has 0 saturated carbocycles. The van der Waals surface area contributed by atoms with Crippen LogP contribution in [0.5, 0.6) is 5.75 Å². The van der Waals surface area contributed by atoms with Gasteiger partial charge < -0.3 is 28.6 Å². The molecular formula is C48H61N8O8PS. The number of carbonyl (C=O) groups is 1. The number of aryl methyl sites for hydroxylation is 1. The maximum atomic E-state index is 13.1. The number of anilines is 1. The van der Waals surface area contributed by atoms with Crippen molar-refractivity contribution < 1.29 is 33.0 Å². The van der Waals surface area contributed by atoms with Crippen LogP contribution >= 0.6 is 20.3 Å². The highest BCUT2D eigenvalue weighted by atomic mass is 32.2. The van der Waals surface area contributed by atoms with Crippen molar-refractivity contribution in [3.63, 3.8) is 0 Å². The molecule has 0 aliphatic carbocycles. The van der Waals surface area contributed by atoms with Crippen molar-refractivity contribution in [2.24, 2.45) is 0 Å². The van der Waals surface area contributed by atoms with E-state index in [1.165, 1.54) is 6.33 Å². The Labute approximate surface area is 392 Å². The van der Waals surface area contributed by atoms with E-state index in [1.807, 2.05) is 74.5 Å². The number of hydrogen-bond acceptors (Lipinski definition) is 14. The summed E-state index contributed by atoms with van der Waals surface area (Å²) in [5.41, 5.74) is 3.49. The zero-order valence-electron chi connectivity index (χ0n) is 39.2. The molecule has 2 unspecified atom stereocenters. The third kappa shape index (κ3) is 12.9. The normalized spacial score (nSPS) is 17.3. The van der Waals surface area contributed by atoms with Gasteiger partial charge in [-0.3, -0.25) is 19.5 Å². The summed E-state index contributed by atoms with van der Waals surface area (Å²) in [4.78, 5) is 40.7. The number of nitro groups is 1. The Morgan fingerprint density at radius 3 is 2.45 bits per heavy atom. The average Bonchev–Trinajstić information content (AvgIpc) is 3.90. The Bertz CT molecular complexity index is 2440. The largest absolute Gasteiger partial charge is 0.484 e. The van der Waals surface area contributed by atoms with Crippen molar-refractivity contribution in [3.8, 4) is 11.8 Å². The molecule has 1 aliphatic heterocycles. The number of carbonyl (C=O) groups excluding carboxylic acids is 1. The van der Waals surface area contributed by atoms with Crippen molar-refractivity contribution in [2.75, 3.05) is 31.7 Å². The van der Waals surface area contributed by atoms with Crippen molar-refractivity contribution >= 4 is 48.9 Å². The first-order valence-electron chi connectivity index (χ1n) is 22.3. The minimum atomic E-state index is -1.65. The van der Waals surface area contributed by atoms with Crippen LogP contribution in [0.2, 0.25) is 0 Å². The molecule has 3 aromatic carbocycles. The van der Waals surface area contributed by atoms with Gasteiger partial charge >= 0.3 is 0 Å². The molecule has 16 nitrogen and oxygen atoms in total. The molecule has 3 heterocycles. The summed E-state index contributed by atoms with van der Waals surface area (Å²) in [7, 11) is -1.65. The van der Waals surface area contributed by atoms with Gasteiger partial charge in [0.1, 0.15) is 24.4 Å². The summed E-state index contributed by atoms with van der Waals surface area (Å²) in [6.45, 7) is 18.8. The van der Waals surface area contributed by atoms with E-state index in [2.05, 4.69) is 79.5 Å². The van der Waals surface area contributed by atoms with Crippen molar-refractivity contribution in [3.05, 3.63) is 106 Å². The maximum Gasteiger partial charge on any atom is 0.273 e. The van der Waals surface area contributed by atoms with E-state index in [1.54, 1.807) is 28.7 Å². The Morgan fingerprint density at radius 1 is 1.08 bits per heavy atom. The molecule has 6 rings (SSSR count). The van der Waals surface area contributed by atoms with Crippen molar-refractivity contribution in [2.45, 2.75) is 133 Å². The zero-order valence-corrected chi connectivity index (χ0v) is 40.9. The summed E-state index contributed by atoms with van der Waals surface area (Å²) in [6, 6.07) is 23.5. The first kappa shape index (κ1) is 50.4. The van der Waals surface area contributed by atoms with Gasteiger partial charge in [-0.1, -0.05) is 76.7 Å². The van der Waals surface area contributed by atoms with Crippen LogP contribution < -0.4 is 10.1 Å². The van der Waals surface area contributed by atoms with Crippen LogP contribution in [0.1, 0.15) is 104 Å². The second kappa shape index (κ2) is 23.1. The Balaban J connectivity index is 1.21. The highest BCUT2D eigenvalue weighted by molar-refractivity contribution is 7.99. The fraction of sp³-hybridized carbons (Fsp3) is 0.479. The van der Waals surface area contributed by atoms with E-state index >= 15 is 0 Å². The fourth-order valence-corrected chi connectivity index (χ4v) is 10.5. The van der Waals surface area contributed by atoms with Crippen LogP contribution in [0, 0.1) is 21.4 Å². The van der Waals surface area contributed by atoms with Crippen LogP contribution in [-0.4, -0.2) is 85.7 Å². The predicted octanol–water partition coefficient (Wildman–Crippen LogP) is 10.5. The van der Waals surface area contributed by atoms with E-state index in [4.69, 9.17) is 23.3 Å². The predicted molar refractivity (Wildman–Crippen MR) is 255 cm³/mol. The molecule has 0 spiro atoms. The standard InChI is InChI=1S/C48H61N8O8PS/c1-10-34-23-39(56(58)59)38(24-42(34)66-37-15-12-11-13-16-37)33(6)26-60-27-41-40(64-65(62-22-14-21-49)55(31(2)3)32(4)5)25-44(63-41)54-30-52-45-46(50-29-51-47(45)54)53-43(57)28-61-36-19-17-35(18-20-36)48(7,8)9/h11-13,15-20,23-24,29-33,40-41,44H,10,14,22,25-28H2,1-9H3,(H,50,51,53,57)/t33?,40-,41+,44+,65?/m0/s1. The number of aromatic nitrogens is 4. The molecule has 0 radical (unpaired) electrons. The second-order valence-electron chi connectivity index (χ2n) is 17.7. The van der Waals surface area contributed by atoms with Gasteiger partial charge in [-0.05, 0) is 81.0 Å². The maximum absolute atomic E-state index is 13.1. The molecule has 1 N–H and O–H groups in total. The third-order valence-electron chi connectivity index (χ3n) is 11.0. The number of nitriles is 1. The van der Waals surface area contributed by atoms with E-state index in [0.29, 0.717) is 35.3 Å². The van der Waals surface area contributed by atoms with Gasteiger partial charge in [0.2, 0.25) is 0 Å². The summed E-state index contributed by atoms with van der Waals surface area (Å²) >= 11 is 1.58. The molecule has 1 saturated heterocycles. The van der Waals surface area contributed by atoms with Crippen molar-refractivity contribution in [1.29, 1.82) is 5.26 Å². The lowest BCUT2D eigenvalue weighted by Crippen LogP contribution is -2.36. The SMILES string of the molecule is CCc1cc([N+](=O)[O-])c(C(C)COC[C@H]2O[C@@H](n3cnc4c(NC(=O)COc5ccc(C(C)(C)C)cc5)ncnc43)C[C@@H]2OP(OCCC#N)N(C(C)C)C(C)C)cc1Sc1ccccc1. The topological polar surface area (TPSA) is 189 Å². The number of hydrogen-bond donors (Lipinski definition) is 1. The Kier molecular flexibility index (Phi) is 17.6. The quantitative estimate of drug-likeness (QED) is 0.0298. The van der Waals surface area contributed by atoms with Crippen LogP contribution in [0.4, 0.5) is 11.5 Å². The summed E-state index contributed by atoms with van der Waals surface area (Å²) in [5.74, 6) is 0.0416. The van der Waals surface area contributed by atoms with Crippen molar-refractivity contribution in [1.82, 2.24) is 24.2 Å². The number of nitrogens with one attached hydrogen (secondary N) is 1. The molecule has 0 bridgehead atoms. The molecular weight excluding hydrogens is 880 g/mol. The number of rotatable bonds is 22. The number of nitro benzene ring substituents is 1. The van der Waals surface area contributed by atoms with E-state index in [-0.39, 0.29) is 72.7 Å². The average molecular weight is 941 g/mol. The van der Waals surface area contributed by atoms with Gasteiger partial charge in [0, 0.05) is 45.8 Å². The molecule has 5 aromatic rings. The van der Waals surface area contributed by atoms with Gasteiger partial charge in [0.15, 0.2) is 23.6 Å². The van der Waals surface area contributed by atoms with Gasteiger partial charge in [-0.2, -0.15) is 5.26 Å².